The zero-order chi connectivity index (χ0) is 13.9. The quantitative estimate of drug-likeness (QED) is 0.936. The average Bonchev–Trinajstić information content (AvgIpc) is 2.48. The smallest absolute Gasteiger partial charge is 0.357 e. The van der Waals surface area contributed by atoms with E-state index < -0.39 is 5.97 Å². The third-order valence-corrected chi connectivity index (χ3v) is 4.73. The van der Waals surface area contributed by atoms with Gasteiger partial charge in [0.2, 0.25) is 0 Å². The predicted octanol–water partition coefficient (Wildman–Crippen LogP) is 2.60. The van der Waals surface area contributed by atoms with Gasteiger partial charge in [0.25, 0.3) is 0 Å². The van der Waals surface area contributed by atoms with Crippen molar-refractivity contribution < 1.29 is 14.6 Å². The fraction of sp³-hybridized carbons (Fsp3) is 0.357. The molecule has 104 valence electrons. The molecular weight excluding hydrogens is 276 g/mol. The van der Waals surface area contributed by atoms with Crippen molar-refractivity contribution in [2.75, 3.05) is 13.2 Å². The first-order valence-electron chi connectivity index (χ1n) is 6.49. The molecule has 1 N–H and O–H groups in total. The number of aromatic nitrogens is 2. The van der Waals surface area contributed by atoms with Crippen LogP contribution in [0.1, 0.15) is 23.3 Å². The minimum atomic E-state index is -1.03. The summed E-state index contributed by atoms with van der Waals surface area (Å²) in [5, 5.41) is 18.4. The van der Waals surface area contributed by atoms with Gasteiger partial charge in [-0.25, -0.2) is 4.79 Å². The van der Waals surface area contributed by atoms with E-state index >= 15 is 0 Å². The Bertz CT molecular complexity index is 641. The van der Waals surface area contributed by atoms with Crippen molar-refractivity contribution in [1.82, 2.24) is 10.2 Å². The summed E-state index contributed by atoms with van der Waals surface area (Å²) < 4.78 is 5.34. The molecule has 1 fully saturated rings. The molecule has 1 aliphatic heterocycles. The second-order valence-electron chi connectivity index (χ2n) is 4.63. The van der Waals surface area contributed by atoms with Crippen molar-refractivity contribution in [3.8, 4) is 0 Å². The SMILES string of the molecule is O=C(O)c1nnc2ccccc2c1SC1CCOCC1. The lowest BCUT2D eigenvalue weighted by molar-refractivity contribution is 0.0685. The predicted molar refractivity (Wildman–Crippen MR) is 76.2 cm³/mol. The van der Waals surface area contributed by atoms with Crippen molar-refractivity contribution in [3.05, 3.63) is 30.0 Å². The van der Waals surface area contributed by atoms with Gasteiger partial charge in [0.1, 0.15) is 0 Å². The van der Waals surface area contributed by atoms with E-state index in [2.05, 4.69) is 10.2 Å². The molecule has 3 rings (SSSR count). The van der Waals surface area contributed by atoms with Gasteiger partial charge in [-0.05, 0) is 18.9 Å². The van der Waals surface area contributed by atoms with E-state index in [4.69, 9.17) is 4.74 Å². The van der Waals surface area contributed by atoms with Gasteiger partial charge in [-0.1, -0.05) is 18.2 Å². The third kappa shape index (κ3) is 2.62. The summed E-state index contributed by atoms with van der Waals surface area (Å²) in [6.45, 7) is 1.47. The van der Waals surface area contributed by atoms with Crippen molar-refractivity contribution in [2.45, 2.75) is 23.0 Å². The zero-order valence-electron chi connectivity index (χ0n) is 10.8. The molecule has 0 spiro atoms. The van der Waals surface area contributed by atoms with Crippen LogP contribution in [0.5, 0.6) is 0 Å². The highest BCUT2D eigenvalue weighted by molar-refractivity contribution is 8.00. The standard InChI is InChI=1S/C14H14N2O3S/c17-14(18)12-13(20-9-5-7-19-8-6-9)10-3-1-2-4-11(10)15-16-12/h1-4,9H,5-8H2,(H,17,18). The van der Waals surface area contributed by atoms with Crippen molar-refractivity contribution in [1.29, 1.82) is 0 Å². The minimum Gasteiger partial charge on any atom is -0.476 e. The molecule has 2 heterocycles. The minimum absolute atomic E-state index is 0.0418. The Morgan fingerprint density at radius 1 is 1.25 bits per heavy atom. The van der Waals surface area contributed by atoms with E-state index in [-0.39, 0.29) is 5.69 Å². The summed E-state index contributed by atoms with van der Waals surface area (Å²) in [5.41, 5.74) is 0.771. The van der Waals surface area contributed by atoms with Crippen LogP contribution in [0.3, 0.4) is 0 Å². The van der Waals surface area contributed by atoms with Gasteiger partial charge in [0.15, 0.2) is 5.69 Å². The number of benzene rings is 1. The normalized spacial score (nSPS) is 16.4. The van der Waals surface area contributed by atoms with E-state index in [1.807, 2.05) is 24.3 Å². The lowest BCUT2D eigenvalue weighted by Crippen LogP contribution is -2.18. The molecule has 1 saturated heterocycles. The Morgan fingerprint density at radius 2 is 2.00 bits per heavy atom. The monoisotopic (exact) mass is 290 g/mol. The molecule has 0 amide bonds. The Balaban J connectivity index is 2.04. The molecule has 0 unspecified atom stereocenters. The van der Waals surface area contributed by atoms with E-state index in [1.165, 1.54) is 0 Å². The highest BCUT2D eigenvalue weighted by atomic mass is 32.2. The second-order valence-corrected chi connectivity index (χ2v) is 5.94. The summed E-state index contributed by atoms with van der Waals surface area (Å²) in [7, 11) is 0. The number of fused-ring (bicyclic) bond motifs is 1. The summed E-state index contributed by atoms with van der Waals surface area (Å²) in [4.78, 5) is 12.1. The Labute approximate surface area is 120 Å². The molecule has 5 nitrogen and oxygen atoms in total. The number of carboxylic acids is 1. The molecule has 6 heteroatoms. The van der Waals surface area contributed by atoms with Crippen molar-refractivity contribution in [3.63, 3.8) is 0 Å². The molecular formula is C14H14N2O3S. The molecule has 0 aliphatic carbocycles. The van der Waals surface area contributed by atoms with Crippen LogP contribution in [0.2, 0.25) is 0 Å². The Morgan fingerprint density at radius 3 is 2.75 bits per heavy atom. The molecule has 2 aromatic rings. The van der Waals surface area contributed by atoms with Gasteiger partial charge < -0.3 is 9.84 Å². The maximum Gasteiger partial charge on any atom is 0.357 e. The van der Waals surface area contributed by atoms with Gasteiger partial charge in [-0.2, -0.15) is 0 Å². The lowest BCUT2D eigenvalue weighted by Gasteiger charge is -2.22. The summed E-state index contributed by atoms with van der Waals surface area (Å²) in [6, 6.07) is 7.52. The Kier molecular flexibility index (Phi) is 3.84. The topological polar surface area (TPSA) is 72.3 Å². The molecule has 0 radical (unpaired) electrons. The van der Waals surface area contributed by atoms with Crippen LogP contribution in [0.15, 0.2) is 29.2 Å². The molecule has 0 saturated carbocycles. The van der Waals surface area contributed by atoms with Crippen molar-refractivity contribution >= 4 is 28.6 Å². The van der Waals surface area contributed by atoms with E-state index in [0.717, 1.165) is 41.9 Å². The van der Waals surface area contributed by atoms with Crippen LogP contribution in [0.4, 0.5) is 0 Å². The number of carbonyl (C=O) groups is 1. The number of aromatic carboxylic acids is 1. The maximum absolute atomic E-state index is 11.4. The average molecular weight is 290 g/mol. The van der Waals surface area contributed by atoms with E-state index in [1.54, 1.807) is 11.8 Å². The van der Waals surface area contributed by atoms with Gasteiger partial charge >= 0.3 is 5.97 Å². The number of ether oxygens (including phenoxy) is 1. The van der Waals surface area contributed by atoms with Crippen LogP contribution in [0, 0.1) is 0 Å². The first-order chi connectivity index (χ1) is 9.75. The number of carboxylic acid groups (broad SMARTS) is 1. The first kappa shape index (κ1) is 13.3. The molecule has 1 aliphatic rings. The second kappa shape index (κ2) is 5.76. The zero-order valence-corrected chi connectivity index (χ0v) is 11.6. The number of hydrogen-bond donors (Lipinski definition) is 1. The van der Waals surface area contributed by atoms with Crippen LogP contribution in [-0.2, 0) is 4.74 Å². The summed E-state index contributed by atoms with van der Waals surface area (Å²) in [5.74, 6) is -1.03. The van der Waals surface area contributed by atoms with Crippen LogP contribution in [-0.4, -0.2) is 39.7 Å². The first-order valence-corrected chi connectivity index (χ1v) is 7.37. The number of hydrogen-bond acceptors (Lipinski definition) is 5. The molecule has 0 bridgehead atoms. The summed E-state index contributed by atoms with van der Waals surface area (Å²) in [6.07, 6.45) is 1.86. The van der Waals surface area contributed by atoms with Crippen LogP contribution >= 0.6 is 11.8 Å². The molecule has 1 aromatic carbocycles. The Hall–Kier alpha value is -1.66. The third-order valence-electron chi connectivity index (χ3n) is 3.28. The number of nitrogens with zero attached hydrogens (tertiary/aromatic N) is 2. The van der Waals surface area contributed by atoms with Gasteiger partial charge in [0.05, 0.1) is 10.4 Å². The number of thioether (sulfide) groups is 1. The van der Waals surface area contributed by atoms with Crippen LogP contribution in [0.25, 0.3) is 10.9 Å². The molecule has 1 aromatic heterocycles. The largest absolute Gasteiger partial charge is 0.476 e. The fourth-order valence-corrected chi connectivity index (χ4v) is 3.55. The van der Waals surface area contributed by atoms with E-state index in [0.29, 0.717) is 5.25 Å². The fourth-order valence-electron chi connectivity index (χ4n) is 2.25. The molecule has 20 heavy (non-hydrogen) atoms. The molecule has 0 atom stereocenters. The highest BCUT2D eigenvalue weighted by Crippen LogP contribution is 2.35. The van der Waals surface area contributed by atoms with Gasteiger partial charge in [0, 0.05) is 23.8 Å². The highest BCUT2D eigenvalue weighted by Gasteiger charge is 2.22. The van der Waals surface area contributed by atoms with Gasteiger partial charge in [-0.3, -0.25) is 0 Å². The lowest BCUT2D eigenvalue weighted by atomic mass is 10.2. The van der Waals surface area contributed by atoms with Gasteiger partial charge in [-0.15, -0.1) is 22.0 Å². The van der Waals surface area contributed by atoms with Crippen molar-refractivity contribution in [2.24, 2.45) is 0 Å². The number of rotatable bonds is 3. The summed E-state index contributed by atoms with van der Waals surface area (Å²) >= 11 is 1.59. The van der Waals surface area contributed by atoms with E-state index in [9.17, 15) is 9.90 Å². The van der Waals surface area contributed by atoms with Crippen LogP contribution < -0.4 is 0 Å². The maximum atomic E-state index is 11.4.